The Hall–Kier alpha value is -2.48. The van der Waals surface area contributed by atoms with Gasteiger partial charge in [0.1, 0.15) is 11.5 Å². The van der Waals surface area contributed by atoms with Crippen molar-refractivity contribution >= 4 is 11.5 Å². The van der Waals surface area contributed by atoms with Gasteiger partial charge in [0.15, 0.2) is 0 Å². The van der Waals surface area contributed by atoms with Crippen LogP contribution in [0.1, 0.15) is 54.4 Å². The Morgan fingerprint density at radius 3 is 2.64 bits per heavy atom. The summed E-state index contributed by atoms with van der Waals surface area (Å²) in [6.45, 7) is 2.71. The fourth-order valence-corrected chi connectivity index (χ4v) is 5.69. The fraction of sp³-hybridized carbons (Fsp3) is 0.538. The van der Waals surface area contributed by atoms with Crippen molar-refractivity contribution in [2.45, 2.75) is 57.3 Å². The van der Waals surface area contributed by atoms with Gasteiger partial charge in [-0.05, 0) is 77.0 Å². The quantitative estimate of drug-likeness (QED) is 0.625. The largest absolute Gasteiger partial charge is 0.390 e. The number of aliphatic hydroxyl groups is 1. The van der Waals surface area contributed by atoms with Crippen LogP contribution in [-0.4, -0.2) is 69.5 Å². The van der Waals surface area contributed by atoms with Crippen LogP contribution in [0.25, 0.3) is 5.65 Å². The summed E-state index contributed by atoms with van der Waals surface area (Å²) in [5.41, 5.74) is 5.33. The van der Waals surface area contributed by atoms with Crippen molar-refractivity contribution in [1.82, 2.24) is 24.2 Å². The maximum Gasteiger partial charge on any atom is 0.138 e. The Morgan fingerprint density at radius 2 is 1.88 bits per heavy atom. The lowest BCUT2D eigenvalue weighted by molar-refractivity contribution is 0.203. The third-order valence-corrected chi connectivity index (χ3v) is 7.57. The second-order valence-corrected chi connectivity index (χ2v) is 9.79. The van der Waals surface area contributed by atoms with Crippen molar-refractivity contribution in [2.24, 2.45) is 0 Å². The van der Waals surface area contributed by atoms with E-state index in [1.165, 1.54) is 17.7 Å². The molecule has 7 nitrogen and oxygen atoms in total. The number of fused-ring (bicyclic) bond motifs is 2. The molecule has 2 aliphatic rings. The van der Waals surface area contributed by atoms with Gasteiger partial charge in [0.25, 0.3) is 0 Å². The van der Waals surface area contributed by atoms with Crippen LogP contribution >= 0.6 is 0 Å². The van der Waals surface area contributed by atoms with Gasteiger partial charge in [0.05, 0.1) is 29.7 Å². The van der Waals surface area contributed by atoms with Crippen LogP contribution in [0.15, 0.2) is 36.5 Å². The Bertz CT molecular complexity index is 1100. The number of aromatic nitrogens is 3. The number of piperidine rings is 1. The molecule has 1 aliphatic heterocycles. The van der Waals surface area contributed by atoms with Gasteiger partial charge in [-0.25, -0.2) is 4.98 Å². The molecule has 1 saturated heterocycles. The number of aliphatic hydroxyl groups excluding tert-OH is 1. The van der Waals surface area contributed by atoms with Gasteiger partial charge < -0.3 is 14.9 Å². The third-order valence-electron chi connectivity index (χ3n) is 7.57. The Kier molecular flexibility index (Phi) is 6.36. The lowest BCUT2D eigenvalue weighted by Gasteiger charge is -2.36. The van der Waals surface area contributed by atoms with Crippen molar-refractivity contribution in [3.63, 3.8) is 0 Å². The molecular weight excluding hydrogens is 412 g/mol. The predicted molar refractivity (Wildman–Crippen MR) is 131 cm³/mol. The highest BCUT2D eigenvalue weighted by Crippen LogP contribution is 2.33. The van der Waals surface area contributed by atoms with Gasteiger partial charge in [-0.3, -0.25) is 14.3 Å². The molecule has 176 valence electrons. The summed E-state index contributed by atoms with van der Waals surface area (Å²) in [7, 11) is 6.50. The van der Waals surface area contributed by atoms with Gasteiger partial charge in [0.2, 0.25) is 0 Å². The topological polar surface area (TPSA) is 60.1 Å². The van der Waals surface area contributed by atoms with Crippen molar-refractivity contribution in [1.29, 1.82) is 0 Å². The molecule has 3 aromatic heterocycles. The minimum absolute atomic E-state index is 0.0188. The van der Waals surface area contributed by atoms with Crippen LogP contribution in [0.3, 0.4) is 0 Å². The van der Waals surface area contributed by atoms with Gasteiger partial charge in [0, 0.05) is 31.9 Å². The van der Waals surface area contributed by atoms with E-state index in [0.29, 0.717) is 12.6 Å². The zero-order valence-electron chi connectivity index (χ0n) is 20.1. The molecule has 33 heavy (non-hydrogen) atoms. The summed E-state index contributed by atoms with van der Waals surface area (Å²) in [5.74, 6) is 1.14. The van der Waals surface area contributed by atoms with E-state index in [9.17, 15) is 5.11 Å². The zero-order chi connectivity index (χ0) is 22.9. The number of aryl methyl sites for hydroxylation is 1. The van der Waals surface area contributed by atoms with Crippen LogP contribution in [-0.2, 0) is 19.6 Å². The molecule has 4 heterocycles. The average molecular weight is 449 g/mol. The highest BCUT2D eigenvalue weighted by atomic mass is 16.3. The maximum absolute atomic E-state index is 10.4. The van der Waals surface area contributed by atoms with Crippen LogP contribution in [0.5, 0.6) is 0 Å². The average Bonchev–Trinajstić information content (AvgIpc) is 3.20. The normalized spacial score (nSPS) is 19.6. The maximum atomic E-state index is 10.4. The lowest BCUT2D eigenvalue weighted by atomic mass is 9.91. The summed E-state index contributed by atoms with van der Waals surface area (Å²) in [6.07, 6.45) is 7.60. The smallest absolute Gasteiger partial charge is 0.138 e. The first-order valence-corrected chi connectivity index (χ1v) is 12.2. The Morgan fingerprint density at radius 1 is 1.06 bits per heavy atom. The highest BCUT2D eigenvalue weighted by molar-refractivity contribution is 5.55. The van der Waals surface area contributed by atoms with E-state index in [1.54, 1.807) is 0 Å². The van der Waals surface area contributed by atoms with Gasteiger partial charge in [-0.1, -0.05) is 12.1 Å². The number of imidazole rings is 1. The third kappa shape index (κ3) is 4.25. The van der Waals surface area contributed by atoms with E-state index in [-0.39, 0.29) is 12.6 Å². The number of nitrogens with zero attached hydrogens (tertiary/aromatic N) is 6. The van der Waals surface area contributed by atoms with Crippen LogP contribution in [0.4, 0.5) is 5.82 Å². The molecule has 1 atom stereocenters. The molecular formula is C26H36N6O. The molecule has 0 amide bonds. The summed E-state index contributed by atoms with van der Waals surface area (Å²) < 4.78 is 2.17. The van der Waals surface area contributed by atoms with Crippen molar-refractivity contribution in [3.05, 3.63) is 59.2 Å². The summed E-state index contributed by atoms with van der Waals surface area (Å²) >= 11 is 0. The van der Waals surface area contributed by atoms with E-state index in [4.69, 9.17) is 9.97 Å². The zero-order valence-corrected chi connectivity index (χ0v) is 20.1. The molecule has 0 spiro atoms. The second-order valence-electron chi connectivity index (χ2n) is 9.79. The van der Waals surface area contributed by atoms with E-state index in [2.05, 4.69) is 64.5 Å². The van der Waals surface area contributed by atoms with Crippen molar-refractivity contribution < 1.29 is 5.11 Å². The predicted octanol–water partition coefficient (Wildman–Crippen LogP) is 3.26. The molecule has 1 N–H and O–H groups in total. The molecule has 0 saturated carbocycles. The highest BCUT2D eigenvalue weighted by Gasteiger charge is 2.28. The van der Waals surface area contributed by atoms with Crippen LogP contribution in [0.2, 0.25) is 0 Å². The standard InChI is InChI=1S/C26H36N6O/c1-29(2)20-12-15-31(16-13-20)25-11-5-10-24-28-21(23(18-33)32(24)25)17-30(3)22-9-4-7-19-8-6-14-27-26(19)22/h5-6,8,10-11,14,20,22,33H,4,7,9,12-13,15-18H2,1-3H3/t22-/m0/s1. The lowest BCUT2D eigenvalue weighted by Crippen LogP contribution is -2.42. The van der Waals surface area contributed by atoms with Crippen LogP contribution < -0.4 is 4.90 Å². The molecule has 3 aromatic rings. The Balaban J connectivity index is 1.43. The number of rotatable bonds is 6. The molecule has 1 aliphatic carbocycles. The van der Waals surface area contributed by atoms with E-state index in [1.807, 2.05) is 12.3 Å². The van der Waals surface area contributed by atoms with Crippen molar-refractivity contribution in [2.75, 3.05) is 39.1 Å². The minimum atomic E-state index is -0.0188. The second kappa shape index (κ2) is 9.41. The first-order valence-electron chi connectivity index (χ1n) is 12.2. The summed E-state index contributed by atoms with van der Waals surface area (Å²) in [5, 5.41) is 10.4. The van der Waals surface area contributed by atoms with E-state index >= 15 is 0 Å². The van der Waals surface area contributed by atoms with Gasteiger partial charge in [-0.2, -0.15) is 0 Å². The molecule has 0 aromatic carbocycles. The molecule has 0 bridgehead atoms. The van der Waals surface area contributed by atoms with Gasteiger partial charge >= 0.3 is 0 Å². The SMILES string of the molecule is CN(C)C1CCN(c2cccc3nc(CN(C)[C@H]4CCCc5cccnc54)c(CO)n23)CC1. The summed E-state index contributed by atoms with van der Waals surface area (Å²) in [4.78, 5) is 16.8. The molecule has 5 rings (SSSR count). The van der Waals surface area contributed by atoms with Crippen LogP contribution in [0, 0.1) is 0 Å². The summed E-state index contributed by atoms with van der Waals surface area (Å²) in [6, 6.07) is 11.5. The molecule has 1 fully saturated rings. The number of hydrogen-bond acceptors (Lipinski definition) is 6. The van der Waals surface area contributed by atoms with Gasteiger partial charge in [-0.15, -0.1) is 0 Å². The number of anilines is 1. The van der Waals surface area contributed by atoms with Crippen molar-refractivity contribution in [3.8, 4) is 0 Å². The first-order chi connectivity index (χ1) is 16.1. The fourth-order valence-electron chi connectivity index (χ4n) is 5.69. The number of pyridine rings is 2. The molecule has 7 heteroatoms. The van der Waals surface area contributed by atoms with E-state index in [0.717, 1.165) is 61.6 Å². The number of hydrogen-bond donors (Lipinski definition) is 1. The van der Waals surface area contributed by atoms with E-state index < -0.39 is 0 Å². The Labute approximate surface area is 196 Å². The minimum Gasteiger partial charge on any atom is -0.390 e. The monoisotopic (exact) mass is 448 g/mol. The molecule has 0 unspecified atom stereocenters. The molecule has 0 radical (unpaired) electrons. The first kappa shape index (κ1) is 22.3.